The van der Waals surface area contributed by atoms with Gasteiger partial charge in [-0.15, -0.1) is 0 Å². The van der Waals surface area contributed by atoms with Crippen molar-refractivity contribution < 1.29 is 9.52 Å². The van der Waals surface area contributed by atoms with E-state index in [-0.39, 0.29) is 0 Å². The monoisotopic (exact) mass is 289 g/mol. The van der Waals surface area contributed by atoms with Crippen LogP contribution in [-0.2, 0) is 13.1 Å². The van der Waals surface area contributed by atoms with Crippen molar-refractivity contribution in [2.75, 3.05) is 13.6 Å². The first-order valence-corrected chi connectivity index (χ1v) is 7.54. The molecule has 2 heterocycles. The third-order valence-corrected chi connectivity index (χ3v) is 4.06. The van der Waals surface area contributed by atoms with E-state index in [2.05, 4.69) is 29.1 Å². The Morgan fingerprint density at radius 1 is 1.52 bits per heavy atom. The molecule has 21 heavy (non-hydrogen) atoms. The fourth-order valence-electron chi connectivity index (χ4n) is 2.77. The van der Waals surface area contributed by atoms with Crippen LogP contribution >= 0.6 is 0 Å². The summed E-state index contributed by atoms with van der Waals surface area (Å²) in [5.41, 5.74) is 0. The Kier molecular flexibility index (Phi) is 4.12. The molecule has 1 saturated carbocycles. The molecule has 0 saturated heterocycles. The van der Waals surface area contributed by atoms with Crippen LogP contribution in [0.2, 0.25) is 0 Å². The topological polar surface area (TPSA) is 54.4 Å². The maximum absolute atomic E-state index is 10.1. The highest BCUT2D eigenvalue weighted by molar-refractivity contribution is 5.17. The van der Waals surface area contributed by atoms with Gasteiger partial charge in [0.25, 0.3) is 0 Å². The number of furan rings is 1. The smallest absolute Gasteiger partial charge is 0.118 e. The highest BCUT2D eigenvalue weighted by Crippen LogP contribution is 2.47. The van der Waals surface area contributed by atoms with Crippen molar-refractivity contribution in [1.82, 2.24) is 14.7 Å². The lowest BCUT2D eigenvalue weighted by molar-refractivity contribution is 0.101. The van der Waals surface area contributed by atoms with E-state index in [1.807, 2.05) is 19.3 Å². The van der Waals surface area contributed by atoms with Crippen molar-refractivity contribution in [2.45, 2.75) is 38.5 Å². The van der Waals surface area contributed by atoms with E-state index < -0.39 is 6.10 Å². The van der Waals surface area contributed by atoms with Crippen LogP contribution in [0.15, 0.2) is 35.0 Å². The van der Waals surface area contributed by atoms with Crippen LogP contribution in [0, 0.1) is 5.92 Å². The first-order valence-electron chi connectivity index (χ1n) is 7.54. The predicted molar refractivity (Wildman–Crippen MR) is 79.8 cm³/mol. The molecule has 0 aromatic carbocycles. The highest BCUT2D eigenvalue weighted by atomic mass is 16.3. The zero-order valence-corrected chi connectivity index (χ0v) is 12.6. The summed E-state index contributed by atoms with van der Waals surface area (Å²) < 4.78 is 7.64. The maximum Gasteiger partial charge on any atom is 0.118 e. The SMILES string of the molecule is CC1CC1c1ccc(CN(C)CC(O)Cn2cccn2)o1. The number of hydrogen-bond acceptors (Lipinski definition) is 4. The third kappa shape index (κ3) is 3.74. The van der Waals surface area contributed by atoms with Gasteiger partial charge in [0.2, 0.25) is 0 Å². The summed E-state index contributed by atoms with van der Waals surface area (Å²) in [5, 5.41) is 14.2. The molecule has 1 N–H and O–H groups in total. The van der Waals surface area contributed by atoms with Crippen LogP contribution in [0.1, 0.15) is 30.8 Å². The maximum atomic E-state index is 10.1. The average molecular weight is 289 g/mol. The molecule has 3 rings (SSSR count). The highest BCUT2D eigenvalue weighted by Gasteiger charge is 2.36. The first-order chi connectivity index (χ1) is 10.1. The van der Waals surface area contributed by atoms with Gasteiger partial charge in [0.1, 0.15) is 11.5 Å². The minimum absolute atomic E-state index is 0.437. The van der Waals surface area contributed by atoms with E-state index in [9.17, 15) is 5.11 Å². The number of rotatable bonds is 7. The zero-order valence-electron chi connectivity index (χ0n) is 12.6. The molecule has 5 nitrogen and oxygen atoms in total. The van der Waals surface area contributed by atoms with Gasteiger partial charge in [-0.05, 0) is 37.6 Å². The summed E-state index contributed by atoms with van der Waals surface area (Å²) in [7, 11) is 1.99. The van der Waals surface area contributed by atoms with E-state index in [1.54, 1.807) is 10.9 Å². The van der Waals surface area contributed by atoms with Gasteiger partial charge >= 0.3 is 0 Å². The number of nitrogens with zero attached hydrogens (tertiary/aromatic N) is 3. The van der Waals surface area contributed by atoms with Crippen molar-refractivity contribution in [3.8, 4) is 0 Å². The van der Waals surface area contributed by atoms with Gasteiger partial charge in [-0.25, -0.2) is 0 Å². The lowest BCUT2D eigenvalue weighted by Gasteiger charge is -2.19. The Labute approximate surface area is 125 Å². The normalized spacial score (nSPS) is 22.7. The Bertz CT molecular complexity index is 564. The van der Waals surface area contributed by atoms with E-state index >= 15 is 0 Å². The molecular formula is C16H23N3O2. The van der Waals surface area contributed by atoms with E-state index in [1.165, 1.54) is 6.42 Å². The summed E-state index contributed by atoms with van der Waals surface area (Å²) >= 11 is 0. The van der Waals surface area contributed by atoms with Crippen LogP contribution in [0.25, 0.3) is 0 Å². The molecule has 0 radical (unpaired) electrons. The van der Waals surface area contributed by atoms with Crippen molar-refractivity contribution >= 4 is 0 Å². The van der Waals surface area contributed by atoms with Gasteiger partial charge in [-0.3, -0.25) is 9.58 Å². The van der Waals surface area contributed by atoms with Crippen LogP contribution < -0.4 is 0 Å². The van der Waals surface area contributed by atoms with Gasteiger partial charge in [0.15, 0.2) is 0 Å². The van der Waals surface area contributed by atoms with Crippen LogP contribution in [0.3, 0.4) is 0 Å². The molecule has 0 aliphatic heterocycles. The molecule has 1 aliphatic carbocycles. The Hall–Kier alpha value is -1.59. The molecule has 0 amide bonds. The van der Waals surface area contributed by atoms with Crippen molar-refractivity contribution in [1.29, 1.82) is 0 Å². The summed E-state index contributed by atoms with van der Waals surface area (Å²) in [6, 6.07) is 6.01. The number of aliphatic hydroxyl groups excluding tert-OH is 1. The van der Waals surface area contributed by atoms with Gasteiger partial charge in [-0.2, -0.15) is 5.10 Å². The molecule has 0 spiro atoms. The molecule has 1 aliphatic rings. The lowest BCUT2D eigenvalue weighted by Crippen LogP contribution is -2.31. The molecule has 5 heteroatoms. The van der Waals surface area contributed by atoms with Crippen LogP contribution in [-0.4, -0.2) is 39.5 Å². The minimum atomic E-state index is -0.437. The molecule has 114 valence electrons. The number of aromatic nitrogens is 2. The molecule has 3 atom stereocenters. The van der Waals surface area contributed by atoms with Crippen molar-refractivity contribution in [3.63, 3.8) is 0 Å². The van der Waals surface area contributed by atoms with Crippen molar-refractivity contribution in [3.05, 3.63) is 42.1 Å². The lowest BCUT2D eigenvalue weighted by atomic mass is 10.3. The van der Waals surface area contributed by atoms with Crippen LogP contribution in [0.4, 0.5) is 0 Å². The fraction of sp³-hybridized carbons (Fsp3) is 0.562. The molecule has 0 bridgehead atoms. The Morgan fingerprint density at radius 2 is 2.33 bits per heavy atom. The van der Waals surface area contributed by atoms with Gasteiger partial charge < -0.3 is 9.52 Å². The third-order valence-electron chi connectivity index (χ3n) is 4.06. The second-order valence-electron chi connectivity index (χ2n) is 6.20. The standard InChI is InChI=1S/C16H23N3O2/c1-12-8-15(12)16-5-4-14(21-16)11-18(2)9-13(20)10-19-7-3-6-17-19/h3-7,12-13,15,20H,8-11H2,1-2H3. The van der Waals surface area contributed by atoms with E-state index in [0.717, 1.165) is 24.0 Å². The Balaban J connectivity index is 1.47. The summed E-state index contributed by atoms with van der Waals surface area (Å²) in [5.74, 6) is 3.47. The van der Waals surface area contributed by atoms with E-state index in [0.29, 0.717) is 19.0 Å². The Morgan fingerprint density at radius 3 is 3.00 bits per heavy atom. The van der Waals surface area contributed by atoms with Crippen LogP contribution in [0.5, 0.6) is 0 Å². The van der Waals surface area contributed by atoms with Gasteiger partial charge in [0, 0.05) is 24.9 Å². The first kappa shape index (κ1) is 14.4. The summed E-state index contributed by atoms with van der Waals surface area (Å²) in [6.07, 6.45) is 4.39. The number of hydrogen-bond donors (Lipinski definition) is 1. The predicted octanol–water partition coefficient (Wildman–Crippen LogP) is 2.09. The molecule has 2 aromatic heterocycles. The summed E-state index contributed by atoms with van der Waals surface area (Å²) in [6.45, 7) is 4.08. The molecule has 2 aromatic rings. The minimum Gasteiger partial charge on any atom is -0.464 e. The van der Waals surface area contributed by atoms with Gasteiger partial charge in [-0.1, -0.05) is 6.92 Å². The van der Waals surface area contributed by atoms with Gasteiger partial charge in [0.05, 0.1) is 19.2 Å². The molecule has 3 unspecified atom stereocenters. The fourth-order valence-corrected chi connectivity index (χ4v) is 2.77. The van der Waals surface area contributed by atoms with E-state index in [4.69, 9.17) is 4.42 Å². The number of likely N-dealkylation sites (N-methyl/N-ethyl adjacent to an activating group) is 1. The number of aliphatic hydroxyl groups is 1. The average Bonchev–Trinajstić information content (AvgIpc) is 2.83. The second-order valence-corrected chi connectivity index (χ2v) is 6.20. The largest absolute Gasteiger partial charge is 0.464 e. The summed E-state index contributed by atoms with van der Waals surface area (Å²) in [4.78, 5) is 2.08. The molecular weight excluding hydrogens is 266 g/mol. The van der Waals surface area contributed by atoms with Crippen molar-refractivity contribution in [2.24, 2.45) is 5.92 Å². The second kappa shape index (κ2) is 6.03. The molecule has 1 fully saturated rings. The quantitative estimate of drug-likeness (QED) is 0.848. The zero-order chi connectivity index (χ0) is 14.8.